The highest BCUT2D eigenvalue weighted by Crippen LogP contribution is 2.35. The van der Waals surface area contributed by atoms with Crippen LogP contribution >= 0.6 is 0 Å². The molecule has 0 bridgehead atoms. The number of fused-ring (bicyclic) bond motifs is 1. The molecule has 2 aromatic heterocycles. The van der Waals surface area contributed by atoms with Crippen LogP contribution in [0, 0.1) is 0 Å². The van der Waals surface area contributed by atoms with Crippen LogP contribution in [0.3, 0.4) is 0 Å². The summed E-state index contributed by atoms with van der Waals surface area (Å²) in [7, 11) is -3.29. The first-order valence-electron chi connectivity index (χ1n) is 11.0. The summed E-state index contributed by atoms with van der Waals surface area (Å²) in [6.07, 6.45) is 7.55. The van der Waals surface area contributed by atoms with Crippen LogP contribution in [0.15, 0.2) is 18.2 Å². The highest BCUT2D eigenvalue weighted by atomic mass is 32.2. The highest BCUT2D eigenvalue weighted by molar-refractivity contribution is 7.90. The maximum absolute atomic E-state index is 12.4. The van der Waals surface area contributed by atoms with Crippen molar-refractivity contribution in [1.82, 2.24) is 14.7 Å². The molecule has 1 aliphatic heterocycles. The van der Waals surface area contributed by atoms with Gasteiger partial charge in [0, 0.05) is 24.8 Å². The van der Waals surface area contributed by atoms with Crippen LogP contribution in [0.5, 0.6) is 0 Å². The summed E-state index contributed by atoms with van der Waals surface area (Å²) in [5.74, 6) is 1.53. The van der Waals surface area contributed by atoms with Crippen LogP contribution in [0.1, 0.15) is 77.3 Å². The summed E-state index contributed by atoms with van der Waals surface area (Å²) in [4.78, 5) is 10.9. The molecule has 0 spiro atoms. The number of anilines is 1. The first-order valence-corrected chi connectivity index (χ1v) is 12.5. The van der Waals surface area contributed by atoms with Crippen LogP contribution in [0.2, 0.25) is 0 Å². The Kier molecular flexibility index (Phi) is 5.64. The molecule has 0 unspecified atom stereocenters. The third-order valence-corrected chi connectivity index (χ3v) is 8.71. The van der Waals surface area contributed by atoms with E-state index in [1.54, 1.807) is 20.8 Å². The fourth-order valence-electron chi connectivity index (χ4n) is 4.46. The average molecular weight is 419 g/mol. The predicted octanol–water partition coefficient (Wildman–Crippen LogP) is 4.30. The van der Waals surface area contributed by atoms with Crippen molar-refractivity contribution in [2.45, 2.75) is 82.4 Å². The van der Waals surface area contributed by atoms with Gasteiger partial charge in [-0.3, -0.25) is 0 Å². The van der Waals surface area contributed by atoms with Gasteiger partial charge < -0.3 is 9.88 Å². The van der Waals surface area contributed by atoms with Crippen molar-refractivity contribution in [3.05, 3.63) is 23.9 Å². The highest BCUT2D eigenvalue weighted by Gasteiger charge is 2.33. The summed E-state index contributed by atoms with van der Waals surface area (Å²) in [6.45, 7) is 7.44. The number of aromatic amines is 1. The van der Waals surface area contributed by atoms with Gasteiger partial charge in [-0.25, -0.2) is 18.1 Å². The van der Waals surface area contributed by atoms with E-state index in [0.717, 1.165) is 55.6 Å². The zero-order valence-corrected chi connectivity index (χ0v) is 18.7. The molecule has 4 rings (SSSR count). The van der Waals surface area contributed by atoms with Gasteiger partial charge in [-0.05, 0) is 89.8 Å². The van der Waals surface area contributed by atoms with E-state index in [-0.39, 0.29) is 6.04 Å². The number of nitrogens with zero attached hydrogens (tertiary/aromatic N) is 2. The van der Waals surface area contributed by atoms with E-state index in [9.17, 15) is 8.42 Å². The van der Waals surface area contributed by atoms with Gasteiger partial charge in [0.1, 0.15) is 5.82 Å². The number of nitrogens with one attached hydrogen (secondary N) is 2. The van der Waals surface area contributed by atoms with E-state index in [4.69, 9.17) is 4.98 Å². The van der Waals surface area contributed by atoms with Gasteiger partial charge in [-0.1, -0.05) is 0 Å². The number of hydrogen-bond donors (Lipinski definition) is 2. The fourth-order valence-corrected chi connectivity index (χ4v) is 5.48. The summed E-state index contributed by atoms with van der Waals surface area (Å²) in [5.41, 5.74) is 3.37. The van der Waals surface area contributed by atoms with Gasteiger partial charge in [0.15, 0.2) is 0 Å². The Bertz CT molecular complexity index is 947. The zero-order chi connectivity index (χ0) is 20.6. The van der Waals surface area contributed by atoms with E-state index >= 15 is 0 Å². The molecule has 3 heterocycles. The van der Waals surface area contributed by atoms with Gasteiger partial charge >= 0.3 is 0 Å². The lowest BCUT2D eigenvalue weighted by molar-refractivity contribution is 0.368. The quantitative estimate of drug-likeness (QED) is 0.776. The normalized spacial score (nSPS) is 24.2. The molecule has 1 aliphatic carbocycles. The minimum atomic E-state index is -3.29. The van der Waals surface area contributed by atoms with Crippen LogP contribution < -0.4 is 9.62 Å². The summed E-state index contributed by atoms with van der Waals surface area (Å²) >= 11 is 0. The lowest BCUT2D eigenvalue weighted by atomic mass is 9.84. The molecule has 7 heteroatoms. The van der Waals surface area contributed by atoms with Crippen molar-refractivity contribution >= 4 is 26.9 Å². The monoisotopic (exact) mass is 418 g/mol. The molecule has 2 N–H and O–H groups in total. The Morgan fingerprint density at radius 3 is 2.41 bits per heavy atom. The number of sulfonamides is 1. The first kappa shape index (κ1) is 20.7. The largest absolute Gasteiger partial charge is 0.357 e. The lowest BCUT2D eigenvalue weighted by Gasteiger charge is -2.31. The van der Waals surface area contributed by atoms with E-state index in [1.165, 1.54) is 25.0 Å². The zero-order valence-electron chi connectivity index (χ0n) is 17.9. The second kappa shape index (κ2) is 7.91. The van der Waals surface area contributed by atoms with Crippen molar-refractivity contribution in [2.24, 2.45) is 0 Å². The van der Waals surface area contributed by atoms with E-state index in [1.807, 2.05) is 0 Å². The van der Waals surface area contributed by atoms with Crippen molar-refractivity contribution in [1.29, 1.82) is 0 Å². The van der Waals surface area contributed by atoms with Crippen LogP contribution in [0.4, 0.5) is 5.82 Å². The molecule has 0 atom stereocenters. The first-order chi connectivity index (χ1) is 13.7. The van der Waals surface area contributed by atoms with Crippen molar-refractivity contribution in [2.75, 3.05) is 18.0 Å². The number of pyridine rings is 1. The molecule has 1 saturated heterocycles. The molecule has 29 heavy (non-hydrogen) atoms. The molecular formula is C22H34N4O2S. The molecule has 2 aromatic rings. The molecule has 2 fully saturated rings. The Hall–Kier alpha value is -1.60. The second-order valence-corrected chi connectivity index (χ2v) is 12.1. The molecule has 6 nitrogen and oxygen atoms in total. The smallest absolute Gasteiger partial charge is 0.216 e. The number of aromatic nitrogens is 2. The Labute approximate surface area is 174 Å². The predicted molar refractivity (Wildman–Crippen MR) is 119 cm³/mol. The summed E-state index contributed by atoms with van der Waals surface area (Å²) in [6, 6.07) is 6.53. The molecule has 160 valence electrons. The third kappa shape index (κ3) is 4.45. The molecular weight excluding hydrogens is 384 g/mol. The summed E-state index contributed by atoms with van der Waals surface area (Å²) < 4.78 is 27.0. The van der Waals surface area contributed by atoms with Gasteiger partial charge in [0.25, 0.3) is 0 Å². The molecule has 2 aliphatic rings. The minimum absolute atomic E-state index is 0.0451. The number of hydrogen-bond acceptors (Lipinski definition) is 4. The number of piperidine rings is 1. The minimum Gasteiger partial charge on any atom is -0.357 e. The Morgan fingerprint density at radius 1 is 1.07 bits per heavy atom. The number of H-pyrrole nitrogens is 1. The van der Waals surface area contributed by atoms with E-state index in [0.29, 0.717) is 5.92 Å². The van der Waals surface area contributed by atoms with Gasteiger partial charge in [0.2, 0.25) is 10.0 Å². The van der Waals surface area contributed by atoms with Crippen molar-refractivity contribution < 1.29 is 8.42 Å². The lowest BCUT2D eigenvalue weighted by Crippen LogP contribution is -2.45. The van der Waals surface area contributed by atoms with Crippen LogP contribution in [0.25, 0.3) is 11.0 Å². The van der Waals surface area contributed by atoms with Crippen LogP contribution in [-0.4, -0.2) is 42.3 Å². The van der Waals surface area contributed by atoms with Gasteiger partial charge in [-0.2, -0.15) is 0 Å². The molecule has 0 aromatic carbocycles. The second-order valence-electron chi connectivity index (χ2n) is 9.66. The van der Waals surface area contributed by atoms with Gasteiger partial charge in [0.05, 0.1) is 15.8 Å². The standard InChI is InChI=1S/C22H34N4O2S/c1-22(2,3)29(27,28)25-17-9-7-16(8-10-17)19-15-20-18(23-19)11-12-21(24-20)26-13-5-4-6-14-26/h11-12,15-17,23,25H,4-10,13-14H2,1-3H3/t16-,17-. The van der Waals surface area contributed by atoms with E-state index < -0.39 is 14.8 Å². The summed E-state index contributed by atoms with van der Waals surface area (Å²) in [5, 5.41) is 0. The maximum Gasteiger partial charge on any atom is 0.216 e. The van der Waals surface area contributed by atoms with E-state index in [2.05, 4.69) is 32.8 Å². The topological polar surface area (TPSA) is 78.1 Å². The SMILES string of the molecule is CC(C)(C)S(=O)(=O)N[C@H]1CC[C@H](c2cc3nc(N4CCCCC4)ccc3[nH]2)CC1. The van der Waals surface area contributed by atoms with Crippen LogP contribution in [-0.2, 0) is 10.0 Å². The van der Waals surface area contributed by atoms with Crippen molar-refractivity contribution in [3.8, 4) is 0 Å². The maximum atomic E-state index is 12.4. The Balaban J connectivity index is 1.42. The molecule has 0 radical (unpaired) electrons. The number of rotatable bonds is 4. The molecule has 1 saturated carbocycles. The average Bonchev–Trinajstić information content (AvgIpc) is 3.11. The van der Waals surface area contributed by atoms with Crippen molar-refractivity contribution in [3.63, 3.8) is 0 Å². The van der Waals surface area contributed by atoms with Gasteiger partial charge in [-0.15, -0.1) is 0 Å². The Morgan fingerprint density at radius 2 is 1.76 bits per heavy atom. The fraction of sp³-hybridized carbons (Fsp3) is 0.682. The third-order valence-electron chi connectivity index (χ3n) is 6.46. The molecule has 0 amide bonds.